The summed E-state index contributed by atoms with van der Waals surface area (Å²) in [6.07, 6.45) is 2.83. The summed E-state index contributed by atoms with van der Waals surface area (Å²) in [5, 5.41) is 14.3. The van der Waals surface area contributed by atoms with Crippen molar-refractivity contribution in [2.24, 2.45) is 5.92 Å². The van der Waals surface area contributed by atoms with Crippen LogP contribution in [0.2, 0.25) is 0 Å². The molecule has 3 atom stereocenters. The van der Waals surface area contributed by atoms with Gasteiger partial charge in [-0.1, -0.05) is 44.2 Å². The number of amides is 2. The molecule has 1 N–H and O–H groups in total. The number of carbonyl (C=O) groups excluding carboxylic acids is 3. The fourth-order valence-corrected chi connectivity index (χ4v) is 7.91. The van der Waals surface area contributed by atoms with E-state index in [0.717, 1.165) is 27.1 Å². The Morgan fingerprint density at radius 3 is 2.48 bits per heavy atom. The van der Waals surface area contributed by atoms with E-state index >= 15 is 0 Å². The van der Waals surface area contributed by atoms with E-state index in [2.05, 4.69) is 5.32 Å². The molecular formula is C28H30N4O6S2. The molecule has 0 radical (unpaired) electrons. The number of benzene rings is 1. The molecule has 0 aliphatic carbocycles. The number of aromatic nitrogens is 1. The molecule has 2 aliphatic rings. The van der Waals surface area contributed by atoms with E-state index in [1.807, 2.05) is 50.2 Å². The Labute approximate surface area is 236 Å². The van der Waals surface area contributed by atoms with Gasteiger partial charge in [0.1, 0.15) is 12.1 Å². The number of likely N-dealkylation sites (tertiary alicyclic amines) is 1. The lowest BCUT2D eigenvalue weighted by Gasteiger charge is -2.29. The second kappa shape index (κ2) is 11.1. The molecule has 12 heteroatoms. The normalized spacial score (nSPS) is 20.1. The average Bonchev–Trinajstić information content (AvgIpc) is 3.66. The molecule has 2 aliphatic heterocycles. The first kappa shape index (κ1) is 27.9. The predicted molar refractivity (Wildman–Crippen MR) is 149 cm³/mol. The minimum absolute atomic E-state index is 0.0777. The van der Waals surface area contributed by atoms with Crippen molar-refractivity contribution in [3.8, 4) is 10.4 Å². The number of thiophene rings is 1. The lowest BCUT2D eigenvalue weighted by Crippen LogP contribution is -2.52. The van der Waals surface area contributed by atoms with Crippen LogP contribution in [-0.4, -0.2) is 66.4 Å². The van der Waals surface area contributed by atoms with Crippen LogP contribution in [-0.2, 0) is 19.6 Å². The first-order chi connectivity index (χ1) is 19.1. The molecule has 40 heavy (non-hydrogen) atoms. The fraction of sp³-hybridized carbons (Fsp3) is 0.357. The van der Waals surface area contributed by atoms with E-state index in [1.54, 1.807) is 6.07 Å². The van der Waals surface area contributed by atoms with Gasteiger partial charge in [-0.15, -0.1) is 11.3 Å². The Bertz CT molecular complexity index is 1520. The molecule has 1 aromatic carbocycles. The van der Waals surface area contributed by atoms with Gasteiger partial charge in [-0.2, -0.15) is 9.04 Å². The number of ketones is 1. The van der Waals surface area contributed by atoms with Gasteiger partial charge < -0.3 is 15.4 Å². The van der Waals surface area contributed by atoms with E-state index in [4.69, 9.17) is 0 Å². The molecule has 210 valence electrons. The highest BCUT2D eigenvalue weighted by molar-refractivity contribution is 7.89. The number of nitrogens with one attached hydrogen (secondary N) is 1. The van der Waals surface area contributed by atoms with Crippen molar-refractivity contribution < 1.29 is 27.5 Å². The van der Waals surface area contributed by atoms with Gasteiger partial charge in [0.05, 0.1) is 22.4 Å². The topological polar surface area (TPSA) is 131 Å². The standard InChI is InChI=1S/C28H30N4O6S2/c1-18(2)16-21(29-27(34)25-9-8-24(39-25)19-6-4-3-5-7-19)28(35)31-15-12-22-26(31)23(33)17-32(22)40(37,38)20-10-13-30(36)14-11-20/h3-11,13-14,18,21-22,26H,12,15-17H2,1-2H3,(H,29,34). The van der Waals surface area contributed by atoms with E-state index < -0.39 is 34.1 Å². The summed E-state index contributed by atoms with van der Waals surface area (Å²) < 4.78 is 28.2. The summed E-state index contributed by atoms with van der Waals surface area (Å²) in [7, 11) is -4.05. The van der Waals surface area contributed by atoms with Gasteiger partial charge >= 0.3 is 0 Å². The van der Waals surface area contributed by atoms with Gasteiger partial charge in [-0.25, -0.2) is 8.42 Å². The largest absolute Gasteiger partial charge is 0.619 e. The zero-order chi connectivity index (χ0) is 28.6. The predicted octanol–water partition coefficient (Wildman–Crippen LogP) is 2.44. The number of carbonyl (C=O) groups is 3. The SMILES string of the molecule is CC(C)CC(NC(=O)c1ccc(-c2ccccc2)s1)C(=O)N1CCC2C1C(=O)CN2S(=O)(=O)c1cc[n+]([O-])cc1. The van der Waals surface area contributed by atoms with Crippen molar-refractivity contribution in [3.63, 3.8) is 0 Å². The minimum Gasteiger partial charge on any atom is -0.619 e. The van der Waals surface area contributed by atoms with Crippen LogP contribution in [0.4, 0.5) is 0 Å². The highest BCUT2D eigenvalue weighted by Crippen LogP contribution is 2.34. The molecule has 4 heterocycles. The van der Waals surface area contributed by atoms with Crippen molar-refractivity contribution in [2.45, 2.75) is 49.7 Å². The van der Waals surface area contributed by atoms with Crippen molar-refractivity contribution >= 4 is 39.0 Å². The van der Waals surface area contributed by atoms with Crippen LogP contribution < -0.4 is 10.0 Å². The number of hydrogen-bond donors (Lipinski definition) is 1. The molecule has 5 rings (SSSR count). The van der Waals surface area contributed by atoms with Crippen molar-refractivity contribution in [2.75, 3.05) is 13.1 Å². The third-order valence-electron chi connectivity index (χ3n) is 7.24. The number of nitrogens with zero attached hydrogens (tertiary/aromatic N) is 3. The molecule has 3 unspecified atom stereocenters. The summed E-state index contributed by atoms with van der Waals surface area (Å²) in [4.78, 5) is 42.8. The number of fused-ring (bicyclic) bond motifs is 1. The van der Waals surface area contributed by atoms with Crippen molar-refractivity contribution in [1.29, 1.82) is 0 Å². The molecule has 2 fully saturated rings. The van der Waals surface area contributed by atoms with Gasteiger partial charge in [-0.3, -0.25) is 14.4 Å². The van der Waals surface area contributed by atoms with Crippen LogP contribution in [0.5, 0.6) is 0 Å². The summed E-state index contributed by atoms with van der Waals surface area (Å²) in [6, 6.07) is 13.2. The van der Waals surface area contributed by atoms with E-state index in [9.17, 15) is 28.0 Å². The Morgan fingerprint density at radius 2 is 1.80 bits per heavy atom. The number of rotatable bonds is 8. The smallest absolute Gasteiger partial charge is 0.262 e. The summed E-state index contributed by atoms with van der Waals surface area (Å²) in [5.41, 5.74) is 0.992. The maximum atomic E-state index is 13.8. The maximum Gasteiger partial charge on any atom is 0.262 e. The zero-order valence-electron chi connectivity index (χ0n) is 22.1. The molecule has 0 saturated carbocycles. The van der Waals surface area contributed by atoms with E-state index in [1.165, 1.54) is 28.4 Å². The third kappa shape index (κ3) is 5.38. The molecule has 2 saturated heterocycles. The van der Waals surface area contributed by atoms with Crippen molar-refractivity contribution in [3.05, 3.63) is 77.1 Å². The van der Waals surface area contributed by atoms with Crippen LogP contribution in [0.1, 0.15) is 36.4 Å². The van der Waals surface area contributed by atoms with Gasteiger partial charge in [0.25, 0.3) is 5.91 Å². The minimum atomic E-state index is -4.05. The average molecular weight is 583 g/mol. The highest BCUT2D eigenvalue weighted by atomic mass is 32.2. The Morgan fingerprint density at radius 1 is 1.10 bits per heavy atom. The van der Waals surface area contributed by atoms with Crippen LogP contribution in [0, 0.1) is 11.1 Å². The second-order valence-electron chi connectivity index (χ2n) is 10.4. The highest BCUT2D eigenvalue weighted by Gasteiger charge is 2.54. The first-order valence-electron chi connectivity index (χ1n) is 13.1. The van der Waals surface area contributed by atoms with Gasteiger partial charge in [-0.05, 0) is 36.5 Å². The molecule has 10 nitrogen and oxygen atoms in total. The zero-order valence-corrected chi connectivity index (χ0v) is 23.7. The number of hydrogen-bond acceptors (Lipinski definition) is 7. The molecule has 0 bridgehead atoms. The fourth-order valence-electron chi connectivity index (χ4n) is 5.39. The monoisotopic (exact) mass is 582 g/mol. The van der Waals surface area contributed by atoms with Crippen LogP contribution in [0.15, 0.2) is 71.9 Å². The Balaban J connectivity index is 1.33. The number of sulfonamides is 1. The van der Waals surface area contributed by atoms with Crippen LogP contribution in [0.25, 0.3) is 10.4 Å². The van der Waals surface area contributed by atoms with Gasteiger partial charge in [0, 0.05) is 23.6 Å². The van der Waals surface area contributed by atoms with Crippen LogP contribution >= 0.6 is 11.3 Å². The first-order valence-corrected chi connectivity index (χ1v) is 15.3. The number of pyridine rings is 1. The lowest BCUT2D eigenvalue weighted by molar-refractivity contribution is -0.605. The summed E-state index contributed by atoms with van der Waals surface area (Å²) in [6.45, 7) is 3.73. The third-order valence-corrected chi connectivity index (χ3v) is 10.3. The van der Waals surface area contributed by atoms with Gasteiger partial charge in [0.2, 0.25) is 15.9 Å². The molecular weight excluding hydrogens is 552 g/mol. The van der Waals surface area contributed by atoms with E-state index in [0.29, 0.717) is 22.4 Å². The second-order valence-corrected chi connectivity index (χ2v) is 13.4. The van der Waals surface area contributed by atoms with Crippen molar-refractivity contribution in [1.82, 2.24) is 14.5 Å². The number of Topliss-reactive ketones (excluding diaryl/α,β-unsaturated/α-hetero) is 1. The molecule has 3 aromatic rings. The summed E-state index contributed by atoms with van der Waals surface area (Å²) >= 11 is 1.33. The maximum absolute atomic E-state index is 13.8. The van der Waals surface area contributed by atoms with E-state index in [-0.39, 0.29) is 35.6 Å². The Hall–Kier alpha value is -3.61. The quantitative estimate of drug-likeness (QED) is 0.321. The molecule has 2 amide bonds. The molecule has 2 aromatic heterocycles. The van der Waals surface area contributed by atoms with Gasteiger partial charge in [0.15, 0.2) is 18.2 Å². The van der Waals surface area contributed by atoms with Crippen LogP contribution in [0.3, 0.4) is 0 Å². The molecule has 0 spiro atoms. The lowest BCUT2D eigenvalue weighted by atomic mass is 10.0. The Kier molecular flexibility index (Phi) is 7.76. The summed E-state index contributed by atoms with van der Waals surface area (Å²) in [5.74, 6) is -1.05.